The molecule has 4 amide bonds. The van der Waals surface area contributed by atoms with Crippen molar-refractivity contribution in [1.29, 1.82) is 0 Å². The van der Waals surface area contributed by atoms with Crippen LogP contribution in [0.5, 0.6) is 5.75 Å². The number of carbonyl (C=O) groups excluding carboxylic acids is 4. The third-order valence-electron chi connectivity index (χ3n) is 6.84. The number of ether oxygens (including phenoxy) is 1. The number of rotatable bonds is 5. The molecule has 0 bridgehead atoms. The number of para-hydroxylation sites is 1. The number of carbonyl (C=O) groups is 4. The van der Waals surface area contributed by atoms with Gasteiger partial charge in [-0.25, -0.2) is 0 Å². The lowest BCUT2D eigenvalue weighted by Crippen LogP contribution is -2.51. The van der Waals surface area contributed by atoms with Crippen LogP contribution in [0.2, 0.25) is 0 Å². The molecular formula is C28H34N4O5. The van der Waals surface area contributed by atoms with Crippen LogP contribution in [-0.2, 0) is 20.8 Å². The van der Waals surface area contributed by atoms with Crippen molar-refractivity contribution >= 4 is 23.6 Å². The zero-order valence-electron chi connectivity index (χ0n) is 21.2. The van der Waals surface area contributed by atoms with Crippen molar-refractivity contribution in [2.45, 2.75) is 44.2 Å². The Hall–Kier alpha value is -3.88. The average Bonchev–Trinajstić information content (AvgIpc) is 3.38. The number of likely N-dealkylation sites (N-methyl/N-ethyl adjacent to an activating group) is 1. The van der Waals surface area contributed by atoms with Gasteiger partial charge in [-0.3, -0.25) is 19.2 Å². The number of nitrogens with zero attached hydrogens (tertiary/aromatic N) is 2. The topological polar surface area (TPSA) is 108 Å². The van der Waals surface area contributed by atoms with Crippen LogP contribution in [0.15, 0.2) is 54.6 Å². The summed E-state index contributed by atoms with van der Waals surface area (Å²) in [4.78, 5) is 55.3. The monoisotopic (exact) mass is 506 g/mol. The van der Waals surface area contributed by atoms with Crippen molar-refractivity contribution in [3.8, 4) is 5.75 Å². The first-order valence-corrected chi connectivity index (χ1v) is 12.8. The largest absolute Gasteiger partial charge is 0.491 e. The Kier molecular flexibility index (Phi) is 8.77. The molecule has 4 rings (SSSR count). The van der Waals surface area contributed by atoms with E-state index in [1.165, 1.54) is 10.5 Å². The molecule has 2 N–H and O–H groups in total. The zero-order valence-corrected chi connectivity index (χ0v) is 21.2. The molecule has 2 aliphatic heterocycles. The number of aryl methyl sites for hydroxylation is 1. The molecule has 0 aromatic heterocycles. The summed E-state index contributed by atoms with van der Waals surface area (Å²) >= 11 is 0. The van der Waals surface area contributed by atoms with Gasteiger partial charge in [0.2, 0.25) is 17.7 Å². The molecule has 37 heavy (non-hydrogen) atoms. The van der Waals surface area contributed by atoms with Crippen LogP contribution < -0.4 is 15.4 Å². The zero-order chi connectivity index (χ0) is 26.2. The second kappa shape index (κ2) is 12.4. The van der Waals surface area contributed by atoms with E-state index in [2.05, 4.69) is 10.6 Å². The molecule has 1 saturated heterocycles. The number of fused-ring (bicyclic) bond motifs is 2. The maximum Gasteiger partial charge on any atom is 0.255 e. The summed E-state index contributed by atoms with van der Waals surface area (Å²) < 4.78 is 5.99. The summed E-state index contributed by atoms with van der Waals surface area (Å²) in [5.41, 5.74) is 1.44. The number of hydrogen-bond acceptors (Lipinski definition) is 5. The third-order valence-corrected chi connectivity index (χ3v) is 6.84. The van der Waals surface area contributed by atoms with Crippen LogP contribution in [0.4, 0.5) is 0 Å². The number of amides is 4. The van der Waals surface area contributed by atoms with E-state index < -0.39 is 23.8 Å². The molecule has 2 aromatic rings. The number of hydrogen-bond donors (Lipinski definition) is 2. The smallest absolute Gasteiger partial charge is 0.255 e. The molecule has 2 atom stereocenters. The fourth-order valence-corrected chi connectivity index (χ4v) is 4.73. The summed E-state index contributed by atoms with van der Waals surface area (Å²) in [6.07, 6.45) is 2.90. The molecule has 0 spiro atoms. The minimum absolute atomic E-state index is 0.0920. The molecular weight excluding hydrogens is 472 g/mol. The van der Waals surface area contributed by atoms with Crippen molar-refractivity contribution < 1.29 is 23.9 Å². The number of benzene rings is 2. The first-order chi connectivity index (χ1) is 17.9. The van der Waals surface area contributed by atoms with E-state index in [1.54, 1.807) is 36.2 Å². The van der Waals surface area contributed by atoms with Crippen LogP contribution in [0, 0.1) is 0 Å². The lowest BCUT2D eigenvalue weighted by atomic mass is 10.1. The number of nitrogens with one attached hydrogen (secondary N) is 2. The predicted octanol–water partition coefficient (Wildman–Crippen LogP) is 1.77. The van der Waals surface area contributed by atoms with Crippen LogP contribution in [0.25, 0.3) is 0 Å². The van der Waals surface area contributed by atoms with Gasteiger partial charge in [0, 0.05) is 20.1 Å². The first-order valence-electron chi connectivity index (χ1n) is 12.8. The molecule has 9 nitrogen and oxygen atoms in total. The Balaban J connectivity index is 1.49. The van der Waals surface area contributed by atoms with E-state index in [0.29, 0.717) is 25.3 Å². The van der Waals surface area contributed by atoms with E-state index in [-0.39, 0.29) is 37.1 Å². The van der Waals surface area contributed by atoms with Crippen molar-refractivity contribution in [1.82, 2.24) is 20.4 Å². The van der Waals surface area contributed by atoms with E-state index in [4.69, 9.17) is 4.74 Å². The minimum atomic E-state index is -1.09. The highest BCUT2D eigenvalue weighted by Crippen LogP contribution is 2.23. The van der Waals surface area contributed by atoms with E-state index >= 15 is 0 Å². The van der Waals surface area contributed by atoms with Crippen molar-refractivity contribution in [3.63, 3.8) is 0 Å². The van der Waals surface area contributed by atoms with Gasteiger partial charge in [0.25, 0.3) is 5.91 Å². The Labute approximate surface area is 217 Å². The van der Waals surface area contributed by atoms with Gasteiger partial charge in [0.15, 0.2) is 0 Å². The minimum Gasteiger partial charge on any atom is -0.491 e. The molecule has 0 aliphatic carbocycles. The summed E-state index contributed by atoms with van der Waals surface area (Å²) in [5.74, 6) is -1.11. The highest BCUT2D eigenvalue weighted by atomic mass is 16.5. The Morgan fingerprint density at radius 2 is 1.81 bits per heavy atom. The van der Waals surface area contributed by atoms with Gasteiger partial charge in [-0.05, 0) is 43.4 Å². The standard InChI is InChI=1S/C28H34N4O5/c1-31-18-26(34)32-16-8-12-21(32)19-37-24-14-6-5-13-22(24)27(35)30-23(17-25(31)33)28(36)29-15-7-11-20-9-3-2-4-10-20/h2-6,9-10,13-14,21,23H,7-8,11-12,15-19H2,1H3,(H,29,36)(H,30,35)/t21-,23+/m1/s1. The molecule has 9 heteroatoms. The lowest BCUT2D eigenvalue weighted by Gasteiger charge is -2.29. The summed E-state index contributed by atoms with van der Waals surface area (Å²) in [6, 6.07) is 15.5. The van der Waals surface area contributed by atoms with Gasteiger partial charge >= 0.3 is 0 Å². The van der Waals surface area contributed by atoms with E-state index in [0.717, 1.165) is 19.3 Å². The van der Waals surface area contributed by atoms with Crippen molar-refractivity contribution in [2.24, 2.45) is 0 Å². The fraction of sp³-hybridized carbons (Fsp3) is 0.429. The Morgan fingerprint density at radius 1 is 1.05 bits per heavy atom. The molecule has 1 fully saturated rings. The van der Waals surface area contributed by atoms with Crippen LogP contribution in [0.1, 0.15) is 41.6 Å². The summed E-state index contributed by atoms with van der Waals surface area (Å²) in [7, 11) is 1.54. The Bertz CT molecular complexity index is 1120. The van der Waals surface area contributed by atoms with Crippen LogP contribution >= 0.6 is 0 Å². The van der Waals surface area contributed by atoms with Gasteiger partial charge in [-0.15, -0.1) is 0 Å². The van der Waals surface area contributed by atoms with E-state index in [1.807, 2.05) is 30.3 Å². The van der Waals surface area contributed by atoms with Gasteiger partial charge < -0.3 is 25.2 Å². The van der Waals surface area contributed by atoms with Crippen LogP contribution in [-0.4, -0.2) is 78.8 Å². The molecule has 2 heterocycles. The second-order valence-corrected chi connectivity index (χ2v) is 9.55. The summed E-state index contributed by atoms with van der Waals surface area (Å²) in [6.45, 7) is 1.16. The lowest BCUT2D eigenvalue weighted by molar-refractivity contribution is -0.141. The van der Waals surface area contributed by atoms with Crippen LogP contribution in [0.3, 0.4) is 0 Å². The van der Waals surface area contributed by atoms with Gasteiger partial charge in [0.05, 0.1) is 24.6 Å². The van der Waals surface area contributed by atoms with Gasteiger partial charge in [-0.2, -0.15) is 0 Å². The third kappa shape index (κ3) is 6.87. The molecule has 0 saturated carbocycles. The quantitative estimate of drug-likeness (QED) is 0.601. The van der Waals surface area contributed by atoms with Crippen molar-refractivity contribution in [3.05, 3.63) is 65.7 Å². The first kappa shape index (κ1) is 26.2. The molecule has 196 valence electrons. The maximum absolute atomic E-state index is 13.2. The second-order valence-electron chi connectivity index (χ2n) is 9.55. The summed E-state index contributed by atoms with van der Waals surface area (Å²) in [5, 5.41) is 5.57. The fourth-order valence-electron chi connectivity index (χ4n) is 4.73. The highest BCUT2D eigenvalue weighted by molar-refractivity contribution is 6.01. The molecule has 2 aliphatic rings. The van der Waals surface area contributed by atoms with Crippen molar-refractivity contribution in [2.75, 3.05) is 33.3 Å². The Morgan fingerprint density at radius 3 is 2.62 bits per heavy atom. The van der Waals surface area contributed by atoms with Gasteiger partial charge in [-0.1, -0.05) is 42.5 Å². The SMILES string of the molecule is CN1CC(=O)N2CCC[C@@H]2COc2ccccc2C(=O)N[C@H](C(=O)NCCCc2ccccc2)CC1=O. The average molecular weight is 507 g/mol. The predicted molar refractivity (Wildman–Crippen MR) is 138 cm³/mol. The molecule has 0 unspecified atom stereocenters. The highest BCUT2D eigenvalue weighted by Gasteiger charge is 2.33. The normalized spacial score (nSPS) is 20.8. The molecule has 0 radical (unpaired) electrons. The molecule has 2 aromatic carbocycles. The maximum atomic E-state index is 13.2. The van der Waals surface area contributed by atoms with Gasteiger partial charge in [0.1, 0.15) is 18.4 Å². The van der Waals surface area contributed by atoms with E-state index in [9.17, 15) is 19.2 Å².